The number of nitrogens with one attached hydrogen (secondary N) is 2. The van der Waals surface area contributed by atoms with Gasteiger partial charge in [-0.2, -0.15) is 0 Å². The number of thiazole rings is 1. The lowest BCUT2D eigenvalue weighted by Gasteiger charge is -2.37. The van der Waals surface area contributed by atoms with Crippen molar-refractivity contribution in [1.29, 1.82) is 0 Å². The third-order valence-electron chi connectivity index (χ3n) is 4.84. The van der Waals surface area contributed by atoms with E-state index in [1.807, 2.05) is 11.3 Å². The summed E-state index contributed by atoms with van der Waals surface area (Å²) in [5.41, 5.74) is 1.10. The third kappa shape index (κ3) is 7.16. The van der Waals surface area contributed by atoms with Crippen molar-refractivity contribution in [3.05, 3.63) is 38.0 Å². The van der Waals surface area contributed by atoms with Crippen LogP contribution in [0.1, 0.15) is 40.3 Å². The van der Waals surface area contributed by atoms with E-state index in [4.69, 9.17) is 9.73 Å². The van der Waals surface area contributed by atoms with Gasteiger partial charge in [0.15, 0.2) is 5.96 Å². The Morgan fingerprint density at radius 3 is 2.86 bits per heavy atom. The second-order valence-corrected chi connectivity index (χ2v) is 9.30. The number of ether oxygens (including phenoxy) is 1. The lowest BCUT2D eigenvalue weighted by Crippen LogP contribution is -2.48. The van der Waals surface area contributed by atoms with Gasteiger partial charge in [-0.05, 0) is 39.1 Å². The Bertz CT molecular complexity index is 746. The Morgan fingerprint density at radius 2 is 2.24 bits per heavy atom. The van der Waals surface area contributed by atoms with Crippen LogP contribution in [0, 0.1) is 13.8 Å². The molecule has 9 heteroatoms. The molecule has 1 aliphatic rings. The first-order valence-electron chi connectivity index (χ1n) is 9.91. The summed E-state index contributed by atoms with van der Waals surface area (Å²) < 4.78 is 5.74. The highest BCUT2D eigenvalue weighted by atomic mass is 127. The normalized spacial score (nSPS) is 18.9. The summed E-state index contributed by atoms with van der Waals surface area (Å²) in [6.45, 7) is 13.4. The predicted molar refractivity (Wildman–Crippen MR) is 134 cm³/mol. The monoisotopic (exact) mass is 549 g/mol. The van der Waals surface area contributed by atoms with E-state index in [-0.39, 0.29) is 30.1 Å². The van der Waals surface area contributed by atoms with Gasteiger partial charge < -0.3 is 15.4 Å². The van der Waals surface area contributed by atoms with Crippen molar-refractivity contribution in [2.45, 2.75) is 46.4 Å². The summed E-state index contributed by atoms with van der Waals surface area (Å²) in [7, 11) is 0. The third-order valence-corrected chi connectivity index (χ3v) is 6.87. The maximum atomic E-state index is 5.74. The van der Waals surface area contributed by atoms with E-state index in [0.29, 0.717) is 12.6 Å². The Hall–Kier alpha value is -0.750. The summed E-state index contributed by atoms with van der Waals surface area (Å²) in [6, 6.07) is 4.67. The summed E-state index contributed by atoms with van der Waals surface area (Å²) in [4.78, 5) is 14.5. The van der Waals surface area contributed by atoms with Gasteiger partial charge in [0.25, 0.3) is 0 Å². The first-order valence-corrected chi connectivity index (χ1v) is 11.6. The number of aliphatic imine (C=N–C) groups is 1. The molecule has 0 aromatic carbocycles. The van der Waals surface area contributed by atoms with E-state index >= 15 is 0 Å². The molecule has 2 unspecified atom stereocenters. The van der Waals surface area contributed by atoms with Gasteiger partial charge in [-0.3, -0.25) is 4.90 Å². The van der Waals surface area contributed by atoms with Crippen LogP contribution in [0.4, 0.5) is 0 Å². The molecular formula is C20H32IN5OS2. The molecule has 0 radical (unpaired) electrons. The molecule has 2 aromatic rings. The van der Waals surface area contributed by atoms with E-state index in [2.05, 4.69) is 65.7 Å². The van der Waals surface area contributed by atoms with Crippen molar-refractivity contribution >= 4 is 52.6 Å². The van der Waals surface area contributed by atoms with Crippen molar-refractivity contribution in [3.63, 3.8) is 0 Å². The van der Waals surface area contributed by atoms with Gasteiger partial charge in [0.05, 0.1) is 31.0 Å². The van der Waals surface area contributed by atoms with Crippen molar-refractivity contribution in [3.8, 4) is 0 Å². The maximum absolute atomic E-state index is 5.74. The van der Waals surface area contributed by atoms with Gasteiger partial charge >= 0.3 is 0 Å². The molecule has 0 saturated carbocycles. The molecule has 0 aliphatic carbocycles. The van der Waals surface area contributed by atoms with Gasteiger partial charge in [-0.25, -0.2) is 9.98 Å². The smallest absolute Gasteiger partial charge is 0.191 e. The zero-order valence-corrected chi connectivity index (χ0v) is 21.6. The molecule has 0 bridgehead atoms. The lowest BCUT2D eigenvalue weighted by molar-refractivity contribution is -0.0334. The Balaban J connectivity index is 0.00000300. The van der Waals surface area contributed by atoms with E-state index in [1.165, 1.54) is 9.75 Å². The van der Waals surface area contributed by atoms with Crippen molar-refractivity contribution in [2.24, 2.45) is 4.99 Å². The minimum absolute atomic E-state index is 0. The molecule has 2 N–H and O–H groups in total. The van der Waals surface area contributed by atoms with E-state index in [9.17, 15) is 0 Å². The van der Waals surface area contributed by atoms with E-state index in [1.54, 1.807) is 11.3 Å². The van der Waals surface area contributed by atoms with Crippen LogP contribution in [0.15, 0.2) is 22.5 Å². The minimum atomic E-state index is 0. The van der Waals surface area contributed by atoms with Gasteiger partial charge in [-0.1, -0.05) is 6.07 Å². The van der Waals surface area contributed by atoms with Crippen LogP contribution in [0.2, 0.25) is 0 Å². The second-order valence-electron chi connectivity index (χ2n) is 7.03. The highest BCUT2D eigenvalue weighted by Crippen LogP contribution is 2.26. The molecule has 0 amide bonds. The predicted octanol–water partition coefficient (Wildman–Crippen LogP) is 3.96. The summed E-state index contributed by atoms with van der Waals surface area (Å²) in [5, 5.41) is 10.1. The molecule has 162 valence electrons. The van der Waals surface area contributed by atoms with Crippen LogP contribution in [-0.2, 0) is 11.3 Å². The molecule has 6 nitrogen and oxygen atoms in total. The number of aryl methyl sites for hydroxylation is 2. The summed E-state index contributed by atoms with van der Waals surface area (Å²) in [6.07, 6.45) is 0.273. The molecule has 1 aliphatic heterocycles. The molecule has 29 heavy (non-hydrogen) atoms. The Kier molecular flexibility index (Phi) is 10.3. The van der Waals surface area contributed by atoms with Crippen LogP contribution >= 0.6 is 46.7 Å². The number of aromatic nitrogens is 1. The van der Waals surface area contributed by atoms with Crippen LogP contribution in [0.3, 0.4) is 0 Å². The maximum Gasteiger partial charge on any atom is 0.191 e. The van der Waals surface area contributed by atoms with Crippen molar-refractivity contribution in [2.75, 3.05) is 32.8 Å². The SMILES string of the molecule is CCNC(=NCc1nc(C)c(C)s1)NCC(c1cccs1)N1CCOC(C)C1.I. The van der Waals surface area contributed by atoms with Crippen molar-refractivity contribution in [1.82, 2.24) is 20.5 Å². The van der Waals surface area contributed by atoms with Gasteiger partial charge in [-0.15, -0.1) is 46.7 Å². The number of rotatable bonds is 7. The van der Waals surface area contributed by atoms with E-state index < -0.39 is 0 Å². The topological polar surface area (TPSA) is 61.8 Å². The average Bonchev–Trinajstić information content (AvgIpc) is 3.30. The fourth-order valence-corrected chi connectivity index (χ4v) is 5.03. The largest absolute Gasteiger partial charge is 0.376 e. The quantitative estimate of drug-likeness (QED) is 0.311. The van der Waals surface area contributed by atoms with Crippen LogP contribution < -0.4 is 10.6 Å². The standard InChI is InChI=1S/C20H31N5OS2.HI/c1-5-21-20(23-12-19-24-15(3)16(4)28-19)22-11-17(18-7-6-10-27-18)25-8-9-26-14(2)13-25;/h6-7,10,14,17H,5,8-9,11-13H2,1-4H3,(H2,21,22,23);1H. The molecule has 2 aromatic heterocycles. The molecular weight excluding hydrogens is 517 g/mol. The zero-order valence-electron chi connectivity index (χ0n) is 17.6. The first kappa shape index (κ1) is 24.5. The molecule has 1 saturated heterocycles. The van der Waals surface area contributed by atoms with E-state index in [0.717, 1.165) is 49.4 Å². The van der Waals surface area contributed by atoms with Crippen LogP contribution in [0.25, 0.3) is 0 Å². The number of hydrogen-bond acceptors (Lipinski definition) is 6. The fourth-order valence-electron chi connectivity index (χ4n) is 3.31. The van der Waals surface area contributed by atoms with Gasteiger partial charge in [0.1, 0.15) is 5.01 Å². The summed E-state index contributed by atoms with van der Waals surface area (Å²) >= 11 is 3.54. The molecule has 2 atom stereocenters. The molecule has 3 rings (SSSR count). The molecule has 3 heterocycles. The number of guanidine groups is 1. The first-order chi connectivity index (χ1) is 13.6. The van der Waals surface area contributed by atoms with Crippen LogP contribution in [0.5, 0.6) is 0 Å². The highest BCUT2D eigenvalue weighted by Gasteiger charge is 2.26. The Labute approximate surface area is 199 Å². The second kappa shape index (κ2) is 12.2. The minimum Gasteiger partial charge on any atom is -0.376 e. The lowest BCUT2D eigenvalue weighted by atomic mass is 10.1. The van der Waals surface area contributed by atoms with Gasteiger partial charge in [0.2, 0.25) is 0 Å². The van der Waals surface area contributed by atoms with Gasteiger partial charge in [0, 0.05) is 35.9 Å². The Morgan fingerprint density at radius 1 is 1.41 bits per heavy atom. The molecule has 0 spiro atoms. The molecule has 1 fully saturated rings. The zero-order chi connectivity index (χ0) is 19.9. The van der Waals surface area contributed by atoms with Crippen molar-refractivity contribution < 1.29 is 4.74 Å². The summed E-state index contributed by atoms with van der Waals surface area (Å²) in [5.74, 6) is 0.843. The number of morpholine rings is 1. The highest BCUT2D eigenvalue weighted by molar-refractivity contribution is 14.0. The van der Waals surface area contributed by atoms with Crippen LogP contribution in [-0.4, -0.2) is 54.7 Å². The number of nitrogens with zero attached hydrogens (tertiary/aromatic N) is 3. The number of hydrogen-bond donors (Lipinski definition) is 2. The number of halogens is 1. The average molecular weight is 550 g/mol. The fraction of sp³-hybridized carbons (Fsp3) is 0.600. The number of thiophene rings is 1.